The fourth-order valence-corrected chi connectivity index (χ4v) is 2.19. The highest BCUT2D eigenvalue weighted by molar-refractivity contribution is 7.18. The van der Waals surface area contributed by atoms with Crippen LogP contribution in [0.1, 0.15) is 30.5 Å². The number of aryl methyl sites for hydroxylation is 1. The molecule has 14 heavy (non-hydrogen) atoms. The Balaban J connectivity index is 2.88. The van der Waals surface area contributed by atoms with E-state index in [4.69, 9.17) is 0 Å². The molecule has 2 aromatic heterocycles. The summed E-state index contributed by atoms with van der Waals surface area (Å²) in [5, 5.41) is 7.43. The molecule has 0 aliphatic rings. The highest BCUT2D eigenvalue weighted by Gasteiger charge is 2.13. The van der Waals surface area contributed by atoms with Crippen molar-refractivity contribution in [3.63, 3.8) is 0 Å². The van der Waals surface area contributed by atoms with E-state index in [-0.39, 0.29) is 11.5 Å². The molecule has 0 fully saturated rings. The number of hydrogen-bond donors (Lipinski definition) is 1. The van der Waals surface area contributed by atoms with Crippen LogP contribution >= 0.6 is 11.3 Å². The van der Waals surface area contributed by atoms with Crippen LogP contribution < -0.4 is 5.56 Å². The van der Waals surface area contributed by atoms with E-state index >= 15 is 0 Å². The summed E-state index contributed by atoms with van der Waals surface area (Å²) in [6, 6.07) is 0. The summed E-state index contributed by atoms with van der Waals surface area (Å²) in [4.78, 5) is 15.8. The molecule has 4 nitrogen and oxygen atoms in total. The van der Waals surface area contributed by atoms with Crippen molar-refractivity contribution in [2.45, 2.75) is 26.7 Å². The second-order valence-electron chi connectivity index (χ2n) is 3.50. The molecular formula is C9H11N3OS. The summed E-state index contributed by atoms with van der Waals surface area (Å²) in [5.74, 6) is 0.274. The first-order chi connectivity index (χ1) is 6.59. The van der Waals surface area contributed by atoms with Gasteiger partial charge in [-0.05, 0) is 12.8 Å². The molecule has 0 saturated heterocycles. The van der Waals surface area contributed by atoms with Crippen molar-refractivity contribution in [3.05, 3.63) is 21.1 Å². The van der Waals surface area contributed by atoms with Gasteiger partial charge in [0.05, 0.1) is 10.7 Å². The van der Waals surface area contributed by atoms with Crippen molar-refractivity contribution in [1.82, 2.24) is 15.2 Å². The summed E-state index contributed by atoms with van der Waals surface area (Å²) in [7, 11) is 0. The van der Waals surface area contributed by atoms with Crippen molar-refractivity contribution in [3.8, 4) is 0 Å². The smallest absolute Gasteiger partial charge is 0.266 e. The molecule has 0 saturated carbocycles. The molecule has 0 aliphatic heterocycles. The zero-order chi connectivity index (χ0) is 10.3. The first-order valence-corrected chi connectivity index (χ1v) is 5.27. The van der Waals surface area contributed by atoms with Gasteiger partial charge in [-0.1, -0.05) is 13.8 Å². The van der Waals surface area contributed by atoms with E-state index in [1.165, 1.54) is 11.3 Å². The van der Waals surface area contributed by atoms with Crippen molar-refractivity contribution in [2.24, 2.45) is 0 Å². The standard InChI is InChI=1S/C9H11N3OS/c1-4(2)6-7-8(9(13)12-11-6)14-5(3)10-7/h4H,1-3H3,(H,12,13). The number of hydrogen-bond acceptors (Lipinski definition) is 4. The third-order valence-corrected chi connectivity index (χ3v) is 2.98. The van der Waals surface area contributed by atoms with E-state index in [1.807, 2.05) is 20.8 Å². The lowest BCUT2D eigenvalue weighted by molar-refractivity contribution is 0.790. The van der Waals surface area contributed by atoms with Gasteiger partial charge in [0, 0.05) is 0 Å². The minimum absolute atomic E-state index is 0.144. The zero-order valence-corrected chi connectivity index (χ0v) is 9.10. The molecular weight excluding hydrogens is 198 g/mol. The van der Waals surface area contributed by atoms with Gasteiger partial charge in [-0.2, -0.15) is 5.10 Å². The summed E-state index contributed by atoms with van der Waals surface area (Å²) in [6.07, 6.45) is 0. The Labute approximate surface area is 85.0 Å². The molecule has 0 spiro atoms. The Morgan fingerprint density at radius 1 is 1.43 bits per heavy atom. The maximum atomic E-state index is 11.4. The fraction of sp³-hybridized carbons (Fsp3) is 0.444. The number of aromatic nitrogens is 3. The molecule has 0 radical (unpaired) electrons. The Morgan fingerprint density at radius 2 is 2.14 bits per heavy atom. The Kier molecular flexibility index (Phi) is 2.11. The molecule has 2 rings (SSSR count). The van der Waals surface area contributed by atoms with Gasteiger partial charge < -0.3 is 0 Å². The SMILES string of the molecule is Cc1nc2c(C(C)C)n[nH]c(=O)c2s1. The fourth-order valence-electron chi connectivity index (χ4n) is 1.37. The third kappa shape index (κ3) is 1.33. The normalized spacial score (nSPS) is 11.4. The molecule has 2 aromatic rings. The minimum atomic E-state index is -0.144. The summed E-state index contributed by atoms with van der Waals surface area (Å²) in [6.45, 7) is 5.97. The average Bonchev–Trinajstić information content (AvgIpc) is 2.47. The number of rotatable bonds is 1. The van der Waals surface area contributed by atoms with Gasteiger partial charge in [0.2, 0.25) is 0 Å². The predicted molar refractivity (Wildman–Crippen MR) is 56.9 cm³/mol. The molecule has 0 unspecified atom stereocenters. The Bertz CT molecular complexity index is 526. The molecule has 1 N–H and O–H groups in total. The number of H-pyrrole nitrogens is 1. The maximum Gasteiger partial charge on any atom is 0.283 e. The highest BCUT2D eigenvalue weighted by atomic mass is 32.1. The van der Waals surface area contributed by atoms with E-state index in [9.17, 15) is 4.79 Å². The number of thiazole rings is 1. The van der Waals surface area contributed by atoms with Crippen LogP contribution in [0.3, 0.4) is 0 Å². The highest BCUT2D eigenvalue weighted by Crippen LogP contribution is 2.23. The van der Waals surface area contributed by atoms with E-state index in [2.05, 4.69) is 15.2 Å². The molecule has 0 aromatic carbocycles. The third-order valence-electron chi connectivity index (χ3n) is 2.01. The van der Waals surface area contributed by atoms with E-state index in [0.29, 0.717) is 4.70 Å². The summed E-state index contributed by atoms with van der Waals surface area (Å²) >= 11 is 1.42. The lowest BCUT2D eigenvalue weighted by atomic mass is 10.1. The first kappa shape index (κ1) is 9.33. The van der Waals surface area contributed by atoms with Gasteiger partial charge in [0.25, 0.3) is 5.56 Å². The molecule has 74 valence electrons. The largest absolute Gasteiger partial charge is 0.283 e. The monoisotopic (exact) mass is 209 g/mol. The van der Waals surface area contributed by atoms with E-state index in [0.717, 1.165) is 16.2 Å². The van der Waals surface area contributed by atoms with Crippen molar-refractivity contribution >= 4 is 21.6 Å². The van der Waals surface area contributed by atoms with Crippen LogP contribution in [0.15, 0.2) is 4.79 Å². The number of nitrogens with zero attached hydrogens (tertiary/aromatic N) is 2. The van der Waals surface area contributed by atoms with Gasteiger partial charge in [0.15, 0.2) is 0 Å². The zero-order valence-electron chi connectivity index (χ0n) is 8.29. The van der Waals surface area contributed by atoms with Gasteiger partial charge in [-0.25, -0.2) is 10.1 Å². The lowest BCUT2D eigenvalue weighted by Gasteiger charge is -2.02. The summed E-state index contributed by atoms with van der Waals surface area (Å²) in [5.41, 5.74) is 1.48. The summed E-state index contributed by atoms with van der Waals surface area (Å²) < 4.78 is 0.682. The Morgan fingerprint density at radius 3 is 2.79 bits per heavy atom. The molecule has 0 amide bonds. The second kappa shape index (κ2) is 3.16. The first-order valence-electron chi connectivity index (χ1n) is 4.45. The van der Waals surface area contributed by atoms with Crippen LogP contribution in [-0.4, -0.2) is 15.2 Å². The second-order valence-corrected chi connectivity index (χ2v) is 4.71. The molecule has 0 bridgehead atoms. The molecule has 0 atom stereocenters. The van der Waals surface area contributed by atoms with Crippen LogP contribution in [0.5, 0.6) is 0 Å². The molecule has 2 heterocycles. The van der Waals surface area contributed by atoms with Crippen LogP contribution in [0.25, 0.3) is 10.2 Å². The molecule has 0 aliphatic carbocycles. The number of fused-ring (bicyclic) bond motifs is 1. The van der Waals surface area contributed by atoms with Gasteiger partial charge in [-0.3, -0.25) is 4.79 Å². The van der Waals surface area contributed by atoms with Gasteiger partial charge in [0.1, 0.15) is 10.2 Å². The van der Waals surface area contributed by atoms with Crippen LogP contribution in [0, 0.1) is 6.92 Å². The van der Waals surface area contributed by atoms with E-state index < -0.39 is 0 Å². The van der Waals surface area contributed by atoms with E-state index in [1.54, 1.807) is 0 Å². The number of nitrogens with one attached hydrogen (secondary N) is 1. The average molecular weight is 209 g/mol. The van der Waals surface area contributed by atoms with Crippen molar-refractivity contribution in [2.75, 3.05) is 0 Å². The van der Waals surface area contributed by atoms with Crippen molar-refractivity contribution in [1.29, 1.82) is 0 Å². The van der Waals surface area contributed by atoms with Gasteiger partial charge in [-0.15, -0.1) is 11.3 Å². The minimum Gasteiger partial charge on any atom is -0.266 e. The van der Waals surface area contributed by atoms with Crippen LogP contribution in [0.2, 0.25) is 0 Å². The Hall–Kier alpha value is -1.23. The molecule has 5 heteroatoms. The van der Waals surface area contributed by atoms with Crippen molar-refractivity contribution < 1.29 is 0 Å². The maximum absolute atomic E-state index is 11.4. The number of aromatic amines is 1. The van der Waals surface area contributed by atoms with Gasteiger partial charge >= 0.3 is 0 Å². The predicted octanol–water partition coefficient (Wildman–Crippen LogP) is 1.81. The lowest BCUT2D eigenvalue weighted by Crippen LogP contribution is -2.10. The topological polar surface area (TPSA) is 58.6 Å². The van der Waals surface area contributed by atoms with Crippen LogP contribution in [-0.2, 0) is 0 Å². The van der Waals surface area contributed by atoms with Crippen LogP contribution in [0.4, 0.5) is 0 Å². The quantitative estimate of drug-likeness (QED) is 0.779.